The van der Waals surface area contributed by atoms with Gasteiger partial charge < -0.3 is 9.64 Å². The molecule has 1 saturated heterocycles. The number of hydrogen-bond donors (Lipinski definition) is 1. The maximum absolute atomic E-state index is 13.2. The van der Waals surface area contributed by atoms with E-state index in [2.05, 4.69) is 4.72 Å². The minimum Gasteiger partial charge on any atom is -0.495 e. The molecule has 0 spiro atoms. The molecule has 1 aliphatic heterocycles. The van der Waals surface area contributed by atoms with Crippen LogP contribution in [0, 0.1) is 12.8 Å². The van der Waals surface area contributed by atoms with Crippen LogP contribution in [0.25, 0.3) is 0 Å². The van der Waals surface area contributed by atoms with E-state index in [9.17, 15) is 13.2 Å². The first kappa shape index (κ1) is 20.7. The predicted molar refractivity (Wildman–Crippen MR) is 116 cm³/mol. The van der Waals surface area contributed by atoms with E-state index < -0.39 is 10.0 Å². The lowest BCUT2D eigenvalue weighted by atomic mass is 9.85. The molecule has 1 amide bonds. The number of aryl methyl sites for hydroxylation is 1. The summed E-state index contributed by atoms with van der Waals surface area (Å²) < 4.78 is 34.1. The summed E-state index contributed by atoms with van der Waals surface area (Å²) in [5.41, 5.74) is 1.37. The van der Waals surface area contributed by atoms with Gasteiger partial charge in [0, 0.05) is 18.2 Å². The van der Waals surface area contributed by atoms with Crippen molar-refractivity contribution >= 4 is 21.6 Å². The molecule has 2 aliphatic rings. The fraction of sp³-hybridized carbons (Fsp3) is 0.435. The number of rotatable bonds is 5. The number of hydrogen-bond acceptors (Lipinski definition) is 4. The number of nitrogens with zero attached hydrogens (tertiary/aromatic N) is 1. The molecule has 1 aliphatic carbocycles. The second-order valence-electron chi connectivity index (χ2n) is 8.19. The SMILES string of the molecule is COc1ccccc1NS(=O)(=O)c1cc(C(=O)N2CCC3CCCCC32)ccc1C. The molecular weight excluding hydrogens is 400 g/mol. The molecule has 160 valence electrons. The first-order chi connectivity index (χ1) is 14.4. The topological polar surface area (TPSA) is 75.7 Å². The Labute approximate surface area is 178 Å². The Morgan fingerprint density at radius 2 is 1.87 bits per heavy atom. The molecule has 0 bridgehead atoms. The highest BCUT2D eigenvalue weighted by Crippen LogP contribution is 2.37. The Balaban J connectivity index is 1.62. The molecule has 6 nitrogen and oxygen atoms in total. The summed E-state index contributed by atoms with van der Waals surface area (Å²) in [6.07, 6.45) is 5.67. The van der Waals surface area contributed by atoms with Crippen LogP contribution in [0.15, 0.2) is 47.4 Å². The monoisotopic (exact) mass is 428 g/mol. The normalized spacial score (nSPS) is 21.2. The van der Waals surface area contributed by atoms with Crippen LogP contribution in [0.1, 0.15) is 48.0 Å². The highest BCUT2D eigenvalue weighted by atomic mass is 32.2. The zero-order chi connectivity index (χ0) is 21.3. The maximum Gasteiger partial charge on any atom is 0.262 e. The number of carbonyl (C=O) groups is 1. The third-order valence-electron chi connectivity index (χ3n) is 6.35. The number of nitrogens with one attached hydrogen (secondary N) is 1. The maximum atomic E-state index is 13.2. The smallest absolute Gasteiger partial charge is 0.262 e. The molecule has 1 saturated carbocycles. The third-order valence-corrected chi connectivity index (χ3v) is 7.85. The Morgan fingerprint density at radius 3 is 2.67 bits per heavy atom. The van der Waals surface area contributed by atoms with Gasteiger partial charge in [-0.25, -0.2) is 8.42 Å². The van der Waals surface area contributed by atoms with Gasteiger partial charge in [-0.1, -0.05) is 31.0 Å². The van der Waals surface area contributed by atoms with Crippen molar-refractivity contribution in [3.05, 3.63) is 53.6 Å². The molecule has 30 heavy (non-hydrogen) atoms. The lowest BCUT2D eigenvalue weighted by Crippen LogP contribution is -2.39. The van der Waals surface area contributed by atoms with Gasteiger partial charge in [-0.2, -0.15) is 0 Å². The summed E-state index contributed by atoms with van der Waals surface area (Å²) in [4.78, 5) is 15.3. The molecule has 2 aromatic rings. The average Bonchev–Trinajstić information content (AvgIpc) is 3.18. The van der Waals surface area contributed by atoms with Gasteiger partial charge in [0.1, 0.15) is 5.75 Å². The predicted octanol–water partition coefficient (Wildman–Crippen LogP) is 4.21. The standard InChI is InChI=1S/C23H28N2O4S/c1-16-11-12-18(23(26)25-14-13-17-7-3-5-9-20(17)25)15-22(16)30(27,28)24-19-8-4-6-10-21(19)29-2/h4,6,8,10-12,15,17,20,24H,3,5,7,9,13-14H2,1-2H3. The Kier molecular flexibility index (Phi) is 5.73. The third kappa shape index (κ3) is 3.90. The first-order valence-electron chi connectivity index (χ1n) is 10.5. The second-order valence-corrected chi connectivity index (χ2v) is 9.84. The van der Waals surface area contributed by atoms with E-state index in [1.807, 2.05) is 4.90 Å². The van der Waals surface area contributed by atoms with Crippen LogP contribution in [0.3, 0.4) is 0 Å². The molecular formula is C23H28N2O4S. The van der Waals surface area contributed by atoms with Crippen LogP contribution in [0.4, 0.5) is 5.69 Å². The second kappa shape index (κ2) is 8.30. The number of para-hydroxylation sites is 2. The molecule has 2 atom stereocenters. The number of ether oxygens (including phenoxy) is 1. The molecule has 2 unspecified atom stereocenters. The van der Waals surface area contributed by atoms with Crippen molar-refractivity contribution in [2.24, 2.45) is 5.92 Å². The number of fused-ring (bicyclic) bond motifs is 1. The van der Waals surface area contributed by atoms with Crippen molar-refractivity contribution in [1.29, 1.82) is 0 Å². The van der Waals surface area contributed by atoms with Crippen molar-refractivity contribution in [2.45, 2.75) is 50.0 Å². The highest BCUT2D eigenvalue weighted by Gasteiger charge is 2.38. The summed E-state index contributed by atoms with van der Waals surface area (Å²) >= 11 is 0. The molecule has 1 heterocycles. The van der Waals surface area contributed by atoms with Crippen LogP contribution in [-0.4, -0.2) is 38.9 Å². The highest BCUT2D eigenvalue weighted by molar-refractivity contribution is 7.92. The van der Waals surface area contributed by atoms with Gasteiger partial charge in [-0.05, 0) is 61.9 Å². The van der Waals surface area contributed by atoms with Crippen LogP contribution in [0.5, 0.6) is 5.75 Å². The quantitative estimate of drug-likeness (QED) is 0.774. The average molecular weight is 429 g/mol. The zero-order valence-corrected chi connectivity index (χ0v) is 18.2. The molecule has 0 radical (unpaired) electrons. The van der Waals surface area contributed by atoms with Gasteiger partial charge in [0.15, 0.2) is 0 Å². The largest absolute Gasteiger partial charge is 0.495 e. The fourth-order valence-corrected chi connectivity index (χ4v) is 6.12. The van der Waals surface area contributed by atoms with E-state index in [1.54, 1.807) is 43.3 Å². The van der Waals surface area contributed by atoms with Gasteiger partial charge in [0.05, 0.1) is 17.7 Å². The van der Waals surface area contributed by atoms with E-state index in [4.69, 9.17) is 4.74 Å². The molecule has 4 rings (SSSR count). The minimum atomic E-state index is -3.88. The number of amides is 1. The number of carbonyl (C=O) groups excluding carboxylic acids is 1. The van der Waals surface area contributed by atoms with Crippen LogP contribution in [0.2, 0.25) is 0 Å². The summed E-state index contributed by atoms with van der Waals surface area (Å²) in [6.45, 7) is 2.49. The van der Waals surface area contributed by atoms with Gasteiger partial charge in [-0.3, -0.25) is 9.52 Å². The lowest BCUT2D eigenvalue weighted by molar-refractivity contribution is 0.0690. The van der Waals surface area contributed by atoms with Crippen molar-refractivity contribution in [1.82, 2.24) is 4.90 Å². The summed E-state index contributed by atoms with van der Waals surface area (Å²) in [5.74, 6) is 0.952. The fourth-order valence-electron chi connectivity index (χ4n) is 4.78. The Morgan fingerprint density at radius 1 is 1.10 bits per heavy atom. The molecule has 2 fully saturated rings. The van der Waals surface area contributed by atoms with E-state index >= 15 is 0 Å². The molecule has 2 aromatic carbocycles. The molecule has 1 N–H and O–H groups in total. The van der Waals surface area contributed by atoms with Gasteiger partial charge >= 0.3 is 0 Å². The Hall–Kier alpha value is -2.54. The molecule has 7 heteroatoms. The van der Waals surface area contributed by atoms with Gasteiger partial charge in [-0.15, -0.1) is 0 Å². The summed E-state index contributed by atoms with van der Waals surface area (Å²) in [6, 6.07) is 12.1. The number of sulfonamides is 1. The van der Waals surface area contributed by atoms with Gasteiger partial charge in [0.2, 0.25) is 0 Å². The number of benzene rings is 2. The molecule has 0 aromatic heterocycles. The lowest BCUT2D eigenvalue weighted by Gasteiger charge is -2.31. The van der Waals surface area contributed by atoms with E-state index in [0.717, 1.165) is 25.8 Å². The number of likely N-dealkylation sites (tertiary alicyclic amines) is 1. The first-order valence-corrected chi connectivity index (χ1v) is 12.0. The van der Waals surface area contributed by atoms with Crippen LogP contribution >= 0.6 is 0 Å². The number of anilines is 1. The van der Waals surface area contributed by atoms with Crippen molar-refractivity contribution in [2.75, 3.05) is 18.4 Å². The van der Waals surface area contributed by atoms with E-state index in [-0.39, 0.29) is 10.8 Å². The van der Waals surface area contributed by atoms with E-state index in [0.29, 0.717) is 34.5 Å². The number of methoxy groups -OCH3 is 1. The van der Waals surface area contributed by atoms with Crippen molar-refractivity contribution in [3.8, 4) is 5.75 Å². The summed E-state index contributed by atoms with van der Waals surface area (Å²) in [7, 11) is -2.39. The Bertz CT molecular complexity index is 1050. The van der Waals surface area contributed by atoms with Gasteiger partial charge in [0.25, 0.3) is 15.9 Å². The van der Waals surface area contributed by atoms with Crippen molar-refractivity contribution < 1.29 is 17.9 Å². The van der Waals surface area contributed by atoms with Crippen LogP contribution < -0.4 is 9.46 Å². The summed E-state index contributed by atoms with van der Waals surface area (Å²) in [5, 5.41) is 0. The van der Waals surface area contributed by atoms with E-state index in [1.165, 1.54) is 26.0 Å². The zero-order valence-electron chi connectivity index (χ0n) is 17.4. The van der Waals surface area contributed by atoms with Crippen LogP contribution in [-0.2, 0) is 10.0 Å². The van der Waals surface area contributed by atoms with Crippen molar-refractivity contribution in [3.63, 3.8) is 0 Å². The minimum absolute atomic E-state index is 0.0712.